The van der Waals surface area contributed by atoms with Gasteiger partial charge in [0.1, 0.15) is 0 Å². The summed E-state index contributed by atoms with van der Waals surface area (Å²) in [5.74, 6) is 0. The Morgan fingerprint density at radius 3 is 2.40 bits per heavy atom. The quantitative estimate of drug-likeness (QED) is 0.580. The largest absolute Gasteiger partial charge is 0.396 e. The molecule has 0 saturated carbocycles. The van der Waals surface area contributed by atoms with Crippen LogP contribution in [-0.4, -0.2) is 24.3 Å². The van der Waals surface area contributed by atoms with Crippen LogP contribution in [0, 0.1) is 5.41 Å². The molecule has 1 unspecified atom stereocenters. The first-order chi connectivity index (χ1) is 7.05. The minimum atomic E-state index is 0.0914. The first kappa shape index (κ1) is 14.9. The maximum Gasteiger partial charge on any atom is 0.0482 e. The lowest BCUT2D eigenvalue weighted by Gasteiger charge is -2.22. The fraction of sp³-hybridized carbons (Fsp3) is 1.00. The first-order valence-corrected chi connectivity index (χ1v) is 6.40. The molecule has 0 spiro atoms. The minimum Gasteiger partial charge on any atom is -0.396 e. The first-order valence-electron chi connectivity index (χ1n) is 6.40. The molecule has 0 bridgehead atoms. The molecule has 0 radical (unpaired) electrons. The van der Waals surface area contributed by atoms with Gasteiger partial charge in [0.15, 0.2) is 0 Å². The number of aliphatic hydroxyl groups excluding tert-OH is 1. The van der Waals surface area contributed by atoms with E-state index in [9.17, 15) is 0 Å². The van der Waals surface area contributed by atoms with E-state index in [1.54, 1.807) is 0 Å². The third-order valence-corrected chi connectivity index (χ3v) is 3.02. The monoisotopic (exact) mass is 215 g/mol. The van der Waals surface area contributed by atoms with Crippen LogP contribution in [0.15, 0.2) is 0 Å². The molecule has 0 aliphatic rings. The van der Waals surface area contributed by atoms with Crippen LogP contribution in [0.4, 0.5) is 0 Å². The lowest BCUT2D eigenvalue weighted by atomic mass is 9.89. The molecule has 0 rings (SSSR count). The molecule has 0 aliphatic carbocycles. The third-order valence-electron chi connectivity index (χ3n) is 3.02. The number of hydrogen-bond acceptors (Lipinski definition) is 2. The maximum atomic E-state index is 9.11. The topological polar surface area (TPSA) is 32.3 Å². The Morgan fingerprint density at radius 1 is 1.27 bits per heavy atom. The van der Waals surface area contributed by atoms with Crippen LogP contribution in [0.5, 0.6) is 0 Å². The molecule has 0 aromatic carbocycles. The van der Waals surface area contributed by atoms with Crippen molar-refractivity contribution in [3.8, 4) is 0 Å². The zero-order valence-electron chi connectivity index (χ0n) is 11.0. The van der Waals surface area contributed by atoms with E-state index in [0.717, 1.165) is 19.4 Å². The van der Waals surface area contributed by atoms with Crippen LogP contribution < -0.4 is 5.32 Å². The molecule has 15 heavy (non-hydrogen) atoms. The second kappa shape index (κ2) is 8.12. The second-order valence-electron chi connectivity index (χ2n) is 5.27. The van der Waals surface area contributed by atoms with Crippen LogP contribution in [0.2, 0.25) is 0 Å². The molecular weight excluding hydrogens is 186 g/mol. The highest BCUT2D eigenvalue weighted by Crippen LogP contribution is 2.20. The van der Waals surface area contributed by atoms with Gasteiger partial charge in [-0.05, 0) is 37.6 Å². The van der Waals surface area contributed by atoms with E-state index in [0.29, 0.717) is 12.6 Å². The van der Waals surface area contributed by atoms with Gasteiger partial charge in [-0.3, -0.25) is 0 Å². The van der Waals surface area contributed by atoms with Crippen molar-refractivity contribution in [3.63, 3.8) is 0 Å². The highest BCUT2D eigenvalue weighted by Gasteiger charge is 2.15. The number of nitrogens with one attached hydrogen (secondary N) is 1. The summed E-state index contributed by atoms with van der Waals surface area (Å²) < 4.78 is 0. The molecule has 0 aliphatic heterocycles. The predicted molar refractivity (Wildman–Crippen MR) is 67.1 cm³/mol. The fourth-order valence-electron chi connectivity index (χ4n) is 1.75. The summed E-state index contributed by atoms with van der Waals surface area (Å²) in [7, 11) is 0. The predicted octanol–water partition coefficient (Wildman–Crippen LogP) is 2.95. The second-order valence-corrected chi connectivity index (χ2v) is 5.27. The smallest absolute Gasteiger partial charge is 0.0482 e. The van der Waals surface area contributed by atoms with Crippen LogP contribution in [-0.2, 0) is 0 Å². The van der Waals surface area contributed by atoms with Crippen molar-refractivity contribution in [3.05, 3.63) is 0 Å². The molecule has 0 fully saturated rings. The Morgan fingerprint density at radius 2 is 1.93 bits per heavy atom. The summed E-state index contributed by atoms with van der Waals surface area (Å²) in [6.45, 7) is 10.1. The van der Waals surface area contributed by atoms with E-state index in [4.69, 9.17) is 5.11 Å². The average molecular weight is 215 g/mol. The summed E-state index contributed by atoms with van der Waals surface area (Å²) in [6.07, 6.45) is 6.01. The van der Waals surface area contributed by atoms with E-state index >= 15 is 0 Å². The highest BCUT2D eigenvalue weighted by atomic mass is 16.3. The van der Waals surface area contributed by atoms with Gasteiger partial charge in [0.2, 0.25) is 0 Å². The Hall–Kier alpha value is -0.0800. The van der Waals surface area contributed by atoms with Crippen molar-refractivity contribution in [2.75, 3.05) is 13.2 Å². The number of aliphatic hydroxyl groups is 1. The molecule has 1 atom stereocenters. The summed E-state index contributed by atoms with van der Waals surface area (Å²) in [4.78, 5) is 0. The number of hydrogen-bond donors (Lipinski definition) is 2. The minimum absolute atomic E-state index is 0.0914. The van der Waals surface area contributed by atoms with Crippen LogP contribution >= 0.6 is 0 Å². The van der Waals surface area contributed by atoms with E-state index in [1.807, 2.05) is 0 Å². The van der Waals surface area contributed by atoms with Crippen molar-refractivity contribution >= 4 is 0 Å². The molecule has 2 heteroatoms. The molecule has 0 saturated heterocycles. The zero-order valence-corrected chi connectivity index (χ0v) is 11.0. The summed E-state index contributed by atoms with van der Waals surface area (Å²) in [6, 6.07) is 0.687. The van der Waals surface area contributed by atoms with Crippen molar-refractivity contribution in [1.82, 2.24) is 5.32 Å². The molecule has 0 aromatic rings. The van der Waals surface area contributed by atoms with Crippen LogP contribution in [0.3, 0.4) is 0 Å². The molecule has 2 nitrogen and oxygen atoms in total. The van der Waals surface area contributed by atoms with Gasteiger partial charge in [0.25, 0.3) is 0 Å². The van der Waals surface area contributed by atoms with Gasteiger partial charge in [-0.25, -0.2) is 0 Å². The Labute approximate surface area is 95.5 Å². The third kappa shape index (κ3) is 7.80. The van der Waals surface area contributed by atoms with E-state index < -0.39 is 0 Å². The zero-order chi connectivity index (χ0) is 11.7. The van der Waals surface area contributed by atoms with E-state index in [2.05, 4.69) is 33.0 Å². The van der Waals surface area contributed by atoms with Gasteiger partial charge in [-0.1, -0.05) is 34.1 Å². The molecule has 2 N–H and O–H groups in total. The van der Waals surface area contributed by atoms with E-state index in [-0.39, 0.29) is 5.41 Å². The Balaban J connectivity index is 3.52. The van der Waals surface area contributed by atoms with Gasteiger partial charge in [-0.2, -0.15) is 0 Å². The molecular formula is C13H29NO. The standard InChI is InChI=1S/C13H29NO/c1-5-8-12(6-2)14-10-7-9-13(3,4)11-15/h12,14-15H,5-11H2,1-4H3. The van der Waals surface area contributed by atoms with Crippen molar-refractivity contribution in [2.24, 2.45) is 5.41 Å². The summed E-state index contributed by atoms with van der Waals surface area (Å²) in [5.41, 5.74) is 0.0914. The number of rotatable bonds is 9. The van der Waals surface area contributed by atoms with Gasteiger partial charge in [0.05, 0.1) is 0 Å². The van der Waals surface area contributed by atoms with Gasteiger partial charge in [0, 0.05) is 12.6 Å². The van der Waals surface area contributed by atoms with Crippen LogP contribution in [0.25, 0.3) is 0 Å². The summed E-state index contributed by atoms with van der Waals surface area (Å²) >= 11 is 0. The van der Waals surface area contributed by atoms with Crippen molar-refractivity contribution in [1.29, 1.82) is 0 Å². The lowest BCUT2D eigenvalue weighted by Crippen LogP contribution is -2.30. The Kier molecular flexibility index (Phi) is 8.07. The lowest BCUT2D eigenvalue weighted by molar-refractivity contribution is 0.147. The molecule has 0 amide bonds. The van der Waals surface area contributed by atoms with Gasteiger partial charge < -0.3 is 10.4 Å². The summed E-state index contributed by atoms with van der Waals surface area (Å²) in [5, 5.41) is 12.7. The van der Waals surface area contributed by atoms with Crippen molar-refractivity contribution in [2.45, 2.75) is 65.8 Å². The average Bonchev–Trinajstić information content (AvgIpc) is 2.22. The van der Waals surface area contributed by atoms with Gasteiger partial charge >= 0.3 is 0 Å². The molecule has 0 aromatic heterocycles. The molecule has 92 valence electrons. The molecule has 0 heterocycles. The van der Waals surface area contributed by atoms with Gasteiger partial charge in [-0.15, -0.1) is 0 Å². The van der Waals surface area contributed by atoms with Crippen molar-refractivity contribution < 1.29 is 5.11 Å². The highest BCUT2D eigenvalue weighted by molar-refractivity contribution is 4.69. The SMILES string of the molecule is CCCC(CC)NCCCC(C)(C)CO. The Bertz CT molecular complexity index is 145. The fourth-order valence-corrected chi connectivity index (χ4v) is 1.75. The maximum absolute atomic E-state index is 9.11. The van der Waals surface area contributed by atoms with E-state index in [1.165, 1.54) is 19.3 Å². The normalized spacial score (nSPS) is 14.2. The van der Waals surface area contributed by atoms with Crippen LogP contribution in [0.1, 0.15) is 59.8 Å².